The molecule has 4 heteroatoms. The highest BCUT2D eigenvalue weighted by atomic mass is 16.5. The number of ether oxygens (including phenoxy) is 1. The summed E-state index contributed by atoms with van der Waals surface area (Å²) in [7, 11) is 0. The molecule has 24 heavy (non-hydrogen) atoms. The summed E-state index contributed by atoms with van der Waals surface area (Å²) >= 11 is 0. The number of fused-ring (bicyclic) bond motifs is 1. The van der Waals surface area contributed by atoms with Crippen molar-refractivity contribution in [3.63, 3.8) is 0 Å². The molecule has 2 aliphatic carbocycles. The van der Waals surface area contributed by atoms with Crippen molar-refractivity contribution in [2.24, 2.45) is 23.7 Å². The molecule has 4 nitrogen and oxygen atoms in total. The van der Waals surface area contributed by atoms with E-state index in [1.54, 1.807) is 0 Å². The maximum atomic E-state index is 11.5. The smallest absolute Gasteiger partial charge is 0.308 e. The Bertz CT molecular complexity index is 550. The fraction of sp³-hybridized carbons (Fsp3) is 0.750. The minimum Gasteiger partial charge on any atom is -0.462 e. The average Bonchev–Trinajstić information content (AvgIpc) is 2.46. The van der Waals surface area contributed by atoms with Crippen molar-refractivity contribution in [3.05, 3.63) is 23.3 Å². The van der Waals surface area contributed by atoms with Gasteiger partial charge in [-0.05, 0) is 49.5 Å². The number of aliphatic hydroxyl groups excluding tert-OH is 2. The molecule has 1 aliphatic heterocycles. The summed E-state index contributed by atoms with van der Waals surface area (Å²) in [6, 6.07) is 0. The Morgan fingerprint density at radius 1 is 1.17 bits per heavy atom. The van der Waals surface area contributed by atoms with Gasteiger partial charge in [0, 0.05) is 12.3 Å². The van der Waals surface area contributed by atoms with Crippen molar-refractivity contribution >= 4 is 5.97 Å². The molecule has 1 fully saturated rings. The SMILES string of the molecule is CC1=CC(C)C(CC[C@@H]2CC(O)CC(=O)O2)C2C1=C[C@H](C)C[C@@H]2O. The molecule has 0 saturated carbocycles. The van der Waals surface area contributed by atoms with E-state index in [4.69, 9.17) is 4.74 Å². The third kappa shape index (κ3) is 3.60. The number of rotatable bonds is 3. The van der Waals surface area contributed by atoms with Crippen LogP contribution in [0.1, 0.15) is 52.9 Å². The lowest BCUT2D eigenvalue weighted by Gasteiger charge is -2.43. The minimum absolute atomic E-state index is 0.115. The number of allylic oxidation sites excluding steroid dienone is 3. The van der Waals surface area contributed by atoms with Crippen LogP contribution in [0.15, 0.2) is 23.3 Å². The highest BCUT2D eigenvalue weighted by Crippen LogP contribution is 2.46. The lowest BCUT2D eigenvalue weighted by molar-refractivity contribution is -0.160. The first kappa shape index (κ1) is 17.7. The van der Waals surface area contributed by atoms with E-state index < -0.39 is 6.10 Å². The van der Waals surface area contributed by atoms with Gasteiger partial charge in [-0.3, -0.25) is 4.79 Å². The first-order valence-corrected chi connectivity index (χ1v) is 9.31. The van der Waals surface area contributed by atoms with E-state index in [-0.39, 0.29) is 30.5 Å². The molecular formula is C20H30O4. The molecule has 1 saturated heterocycles. The molecule has 3 aliphatic rings. The van der Waals surface area contributed by atoms with Gasteiger partial charge in [-0.2, -0.15) is 0 Å². The molecule has 7 atom stereocenters. The molecule has 0 radical (unpaired) electrons. The van der Waals surface area contributed by atoms with Gasteiger partial charge in [0.25, 0.3) is 0 Å². The first-order valence-electron chi connectivity index (χ1n) is 9.31. The van der Waals surface area contributed by atoms with Crippen molar-refractivity contribution in [1.29, 1.82) is 0 Å². The molecule has 4 unspecified atom stereocenters. The van der Waals surface area contributed by atoms with E-state index >= 15 is 0 Å². The fourth-order valence-corrected chi connectivity index (χ4v) is 4.93. The Balaban J connectivity index is 1.72. The van der Waals surface area contributed by atoms with Crippen molar-refractivity contribution in [2.75, 3.05) is 0 Å². The van der Waals surface area contributed by atoms with E-state index in [2.05, 4.69) is 32.9 Å². The zero-order valence-electron chi connectivity index (χ0n) is 14.9. The molecule has 0 spiro atoms. The molecule has 0 aromatic heterocycles. The van der Waals surface area contributed by atoms with Crippen LogP contribution in [0.5, 0.6) is 0 Å². The number of carbonyl (C=O) groups excluding carboxylic acids is 1. The largest absolute Gasteiger partial charge is 0.462 e. The number of hydrogen-bond acceptors (Lipinski definition) is 4. The number of aliphatic hydroxyl groups is 2. The Morgan fingerprint density at radius 2 is 1.92 bits per heavy atom. The van der Waals surface area contributed by atoms with E-state index in [1.165, 1.54) is 11.1 Å². The van der Waals surface area contributed by atoms with Crippen molar-refractivity contribution in [2.45, 2.75) is 71.2 Å². The normalized spacial score (nSPS) is 42.7. The van der Waals surface area contributed by atoms with E-state index in [9.17, 15) is 15.0 Å². The van der Waals surface area contributed by atoms with Gasteiger partial charge in [0.1, 0.15) is 6.10 Å². The Hall–Kier alpha value is -1.13. The molecule has 1 heterocycles. The predicted octanol–water partition coefficient (Wildman–Crippen LogP) is 2.99. The number of carbonyl (C=O) groups is 1. The van der Waals surface area contributed by atoms with Gasteiger partial charge in [-0.25, -0.2) is 0 Å². The second kappa shape index (κ2) is 7.01. The maximum absolute atomic E-state index is 11.5. The van der Waals surface area contributed by atoms with Crippen LogP contribution in [0.4, 0.5) is 0 Å². The summed E-state index contributed by atoms with van der Waals surface area (Å²) in [6.07, 6.45) is 6.73. The lowest BCUT2D eigenvalue weighted by Crippen LogP contribution is -2.40. The lowest BCUT2D eigenvalue weighted by atomic mass is 9.63. The summed E-state index contributed by atoms with van der Waals surface area (Å²) in [5.41, 5.74) is 2.61. The highest BCUT2D eigenvalue weighted by Gasteiger charge is 2.41. The molecule has 0 aromatic carbocycles. The topological polar surface area (TPSA) is 66.8 Å². The molecule has 3 rings (SSSR count). The summed E-state index contributed by atoms with van der Waals surface area (Å²) in [4.78, 5) is 11.5. The van der Waals surface area contributed by atoms with Gasteiger partial charge in [0.05, 0.1) is 18.6 Å². The quantitative estimate of drug-likeness (QED) is 0.779. The van der Waals surface area contributed by atoms with Gasteiger partial charge in [0.2, 0.25) is 0 Å². The van der Waals surface area contributed by atoms with Crippen molar-refractivity contribution in [3.8, 4) is 0 Å². The zero-order chi connectivity index (χ0) is 17.4. The van der Waals surface area contributed by atoms with Crippen LogP contribution in [0.25, 0.3) is 0 Å². The fourth-order valence-electron chi connectivity index (χ4n) is 4.93. The summed E-state index contributed by atoms with van der Waals surface area (Å²) < 4.78 is 5.39. The van der Waals surface area contributed by atoms with Gasteiger partial charge in [-0.1, -0.05) is 31.6 Å². The first-order chi connectivity index (χ1) is 11.3. The molecule has 0 aromatic rings. The van der Waals surface area contributed by atoms with Gasteiger partial charge in [-0.15, -0.1) is 0 Å². The Labute approximate surface area is 144 Å². The number of cyclic esters (lactones) is 1. The summed E-state index contributed by atoms with van der Waals surface area (Å²) in [5.74, 6) is 1.07. The molecule has 2 N–H and O–H groups in total. The van der Waals surface area contributed by atoms with Crippen LogP contribution in [0, 0.1) is 23.7 Å². The van der Waals surface area contributed by atoms with Crippen LogP contribution in [-0.2, 0) is 9.53 Å². The van der Waals surface area contributed by atoms with Crippen LogP contribution in [0.3, 0.4) is 0 Å². The Morgan fingerprint density at radius 3 is 2.62 bits per heavy atom. The summed E-state index contributed by atoms with van der Waals surface area (Å²) in [5, 5.41) is 20.5. The van der Waals surface area contributed by atoms with Gasteiger partial charge < -0.3 is 14.9 Å². The molecule has 134 valence electrons. The van der Waals surface area contributed by atoms with Crippen LogP contribution in [-0.4, -0.2) is 34.5 Å². The van der Waals surface area contributed by atoms with Crippen molar-refractivity contribution in [1.82, 2.24) is 0 Å². The minimum atomic E-state index is -0.571. The van der Waals surface area contributed by atoms with Gasteiger partial charge in [0.15, 0.2) is 0 Å². The average molecular weight is 334 g/mol. The van der Waals surface area contributed by atoms with Crippen LogP contribution < -0.4 is 0 Å². The number of esters is 1. The van der Waals surface area contributed by atoms with Crippen molar-refractivity contribution < 1.29 is 19.7 Å². The predicted molar refractivity (Wildman–Crippen MR) is 92.1 cm³/mol. The maximum Gasteiger partial charge on any atom is 0.308 e. The standard InChI is InChI=1S/C20H30O4/c1-11-6-17-13(3)8-12(2)16(20(17)18(22)7-11)5-4-15-9-14(21)10-19(23)24-15/h6,8,11-12,14-16,18,20-22H,4-5,7,9-10H2,1-3H3/t11-,12?,14?,15+,16?,18-,20?/m0/s1. The second-order valence-electron chi connectivity index (χ2n) is 8.08. The molecular weight excluding hydrogens is 304 g/mol. The molecule has 0 amide bonds. The second-order valence-corrected chi connectivity index (χ2v) is 8.08. The van der Waals surface area contributed by atoms with Gasteiger partial charge >= 0.3 is 5.97 Å². The van der Waals surface area contributed by atoms with E-state index in [0.717, 1.165) is 19.3 Å². The van der Waals surface area contributed by atoms with Crippen LogP contribution >= 0.6 is 0 Å². The third-order valence-electron chi connectivity index (χ3n) is 6.01. The third-order valence-corrected chi connectivity index (χ3v) is 6.01. The summed E-state index contributed by atoms with van der Waals surface area (Å²) in [6.45, 7) is 6.53. The van der Waals surface area contributed by atoms with E-state index in [1.807, 2.05) is 0 Å². The molecule has 0 bridgehead atoms. The Kier molecular flexibility index (Phi) is 5.16. The van der Waals surface area contributed by atoms with Crippen LogP contribution in [0.2, 0.25) is 0 Å². The van der Waals surface area contributed by atoms with E-state index in [0.29, 0.717) is 24.2 Å². The highest BCUT2D eigenvalue weighted by molar-refractivity contribution is 5.70. The zero-order valence-corrected chi connectivity index (χ0v) is 14.9. The number of hydrogen-bond donors (Lipinski definition) is 2. The monoisotopic (exact) mass is 334 g/mol.